The van der Waals surface area contributed by atoms with E-state index >= 15 is 0 Å². The van der Waals surface area contributed by atoms with Gasteiger partial charge in [-0.15, -0.1) is 23.7 Å². The first-order chi connectivity index (χ1) is 11.6. The van der Waals surface area contributed by atoms with E-state index in [1.807, 2.05) is 31.2 Å². The molecule has 0 spiro atoms. The number of amides is 1. The minimum atomic E-state index is -0.0453. The maximum Gasteiger partial charge on any atom is 0.227 e. The number of halogens is 2. The summed E-state index contributed by atoms with van der Waals surface area (Å²) in [5, 5.41) is 7.55. The van der Waals surface area contributed by atoms with Crippen molar-refractivity contribution in [2.75, 3.05) is 25.1 Å². The molecule has 1 atom stereocenters. The quantitative estimate of drug-likeness (QED) is 0.805. The minimum absolute atomic E-state index is 0. The van der Waals surface area contributed by atoms with Crippen LogP contribution in [0.25, 0.3) is 0 Å². The molecule has 2 N–H and O–H groups in total. The molecule has 1 aromatic carbocycles. The van der Waals surface area contributed by atoms with Crippen LogP contribution in [-0.4, -0.2) is 36.7 Å². The highest BCUT2D eigenvalue weighted by molar-refractivity contribution is 7.15. The molecule has 3 rings (SSSR count). The molecule has 2 heterocycles. The second-order valence-electron chi connectivity index (χ2n) is 5.77. The number of nitrogens with zero attached hydrogens (tertiary/aromatic N) is 1. The van der Waals surface area contributed by atoms with Crippen molar-refractivity contribution >= 4 is 46.4 Å². The minimum Gasteiger partial charge on any atom is -0.378 e. The van der Waals surface area contributed by atoms with Crippen LogP contribution in [-0.2, 0) is 16.0 Å². The molecule has 1 amide bonds. The predicted molar refractivity (Wildman–Crippen MR) is 104 cm³/mol. The van der Waals surface area contributed by atoms with Crippen molar-refractivity contribution in [3.8, 4) is 0 Å². The van der Waals surface area contributed by atoms with E-state index in [-0.39, 0.29) is 24.4 Å². The number of hydrogen-bond donors (Lipinski definition) is 2. The highest BCUT2D eigenvalue weighted by Crippen LogP contribution is 2.27. The molecule has 25 heavy (non-hydrogen) atoms. The van der Waals surface area contributed by atoms with E-state index in [1.54, 1.807) is 0 Å². The lowest BCUT2D eigenvalue weighted by Crippen LogP contribution is -2.43. The zero-order chi connectivity index (χ0) is 16.9. The summed E-state index contributed by atoms with van der Waals surface area (Å²) in [5.41, 5.74) is 1.99. The number of carbonyl (C=O) groups excluding carboxylic acids is 1. The number of aryl methyl sites for hydroxylation is 1. The molecule has 1 aromatic heterocycles. The molecule has 8 heteroatoms. The standard InChI is InChI=1S/C17H20ClN3O2S.ClH/c1-11-15(8-12-4-2-3-5-14(12)18)24-17(20-11)21-16(22)9-13-10-23-7-6-19-13;/h2-5,13,19H,6-10H2,1H3,(H,20,21,22);1H. The third-order valence-electron chi connectivity index (χ3n) is 3.88. The van der Waals surface area contributed by atoms with Crippen LogP contribution in [0.4, 0.5) is 5.13 Å². The summed E-state index contributed by atoms with van der Waals surface area (Å²) in [4.78, 5) is 17.7. The lowest BCUT2D eigenvalue weighted by molar-refractivity contribution is -0.117. The molecule has 0 aliphatic carbocycles. The Morgan fingerprint density at radius 2 is 2.28 bits per heavy atom. The van der Waals surface area contributed by atoms with E-state index in [4.69, 9.17) is 16.3 Å². The Morgan fingerprint density at radius 1 is 1.48 bits per heavy atom. The number of thiazole rings is 1. The highest BCUT2D eigenvalue weighted by Gasteiger charge is 2.18. The Hall–Kier alpha value is -1.18. The summed E-state index contributed by atoms with van der Waals surface area (Å²) >= 11 is 7.72. The van der Waals surface area contributed by atoms with Gasteiger partial charge in [0, 0.05) is 35.3 Å². The summed E-state index contributed by atoms with van der Waals surface area (Å²) in [7, 11) is 0. The lowest BCUT2D eigenvalue weighted by atomic mass is 10.1. The number of carbonyl (C=O) groups is 1. The van der Waals surface area contributed by atoms with Crippen LogP contribution in [0.1, 0.15) is 22.6 Å². The van der Waals surface area contributed by atoms with E-state index in [1.165, 1.54) is 11.3 Å². The molecule has 1 saturated heterocycles. The van der Waals surface area contributed by atoms with Gasteiger partial charge in [-0.05, 0) is 18.6 Å². The van der Waals surface area contributed by atoms with Crippen LogP contribution >= 0.6 is 35.3 Å². The van der Waals surface area contributed by atoms with Crippen LogP contribution in [0.5, 0.6) is 0 Å². The van der Waals surface area contributed by atoms with Gasteiger partial charge >= 0.3 is 0 Å². The van der Waals surface area contributed by atoms with Crippen molar-refractivity contribution < 1.29 is 9.53 Å². The number of nitrogens with one attached hydrogen (secondary N) is 2. The Morgan fingerprint density at radius 3 is 3.00 bits per heavy atom. The number of morpholine rings is 1. The largest absolute Gasteiger partial charge is 0.378 e. The van der Waals surface area contributed by atoms with E-state index in [0.717, 1.165) is 34.1 Å². The Kier molecular flexibility index (Phi) is 7.65. The van der Waals surface area contributed by atoms with Crippen LogP contribution in [0.2, 0.25) is 5.02 Å². The van der Waals surface area contributed by atoms with E-state index in [2.05, 4.69) is 15.6 Å². The summed E-state index contributed by atoms with van der Waals surface area (Å²) in [6.07, 6.45) is 1.11. The fourth-order valence-electron chi connectivity index (χ4n) is 2.61. The van der Waals surface area contributed by atoms with Gasteiger partial charge in [0.15, 0.2) is 5.13 Å². The number of aromatic nitrogens is 1. The third-order valence-corrected chi connectivity index (χ3v) is 5.32. The first kappa shape index (κ1) is 20.1. The van der Waals surface area contributed by atoms with E-state index in [0.29, 0.717) is 24.8 Å². The summed E-state index contributed by atoms with van der Waals surface area (Å²) in [6, 6.07) is 7.85. The SMILES string of the molecule is Cc1nc(NC(=O)CC2COCCN2)sc1Cc1ccccc1Cl.Cl. The van der Waals surface area contributed by atoms with Gasteiger partial charge in [-0.1, -0.05) is 29.8 Å². The van der Waals surface area contributed by atoms with E-state index in [9.17, 15) is 4.79 Å². The van der Waals surface area contributed by atoms with Gasteiger partial charge in [0.2, 0.25) is 5.91 Å². The number of hydrogen-bond acceptors (Lipinski definition) is 5. The molecule has 1 aliphatic heterocycles. The second-order valence-corrected chi connectivity index (χ2v) is 7.26. The third kappa shape index (κ3) is 5.66. The fraction of sp³-hybridized carbons (Fsp3) is 0.412. The van der Waals surface area contributed by atoms with Gasteiger partial charge in [-0.2, -0.15) is 0 Å². The molecule has 1 unspecified atom stereocenters. The fourth-order valence-corrected chi connectivity index (χ4v) is 3.81. The summed E-state index contributed by atoms with van der Waals surface area (Å²) in [5.74, 6) is -0.0453. The first-order valence-corrected chi connectivity index (χ1v) is 9.12. The Bertz CT molecular complexity index is 718. The average Bonchev–Trinajstić information content (AvgIpc) is 2.90. The number of anilines is 1. The van der Waals surface area contributed by atoms with Crippen molar-refractivity contribution in [3.63, 3.8) is 0 Å². The van der Waals surface area contributed by atoms with Gasteiger partial charge in [-0.25, -0.2) is 4.98 Å². The van der Waals surface area contributed by atoms with Crippen LogP contribution in [0, 0.1) is 6.92 Å². The normalized spacial score (nSPS) is 17.0. The van der Waals surface area contributed by atoms with Gasteiger partial charge in [0.25, 0.3) is 0 Å². The molecular weight excluding hydrogens is 381 g/mol. The molecule has 1 aliphatic rings. The molecule has 2 aromatic rings. The molecule has 0 radical (unpaired) electrons. The topological polar surface area (TPSA) is 63.2 Å². The number of benzene rings is 1. The molecule has 1 fully saturated rings. The van der Waals surface area contributed by atoms with Gasteiger partial charge in [0.1, 0.15) is 0 Å². The highest BCUT2D eigenvalue weighted by atomic mass is 35.5. The molecule has 0 saturated carbocycles. The van der Waals surface area contributed by atoms with Gasteiger partial charge in [0.05, 0.1) is 18.9 Å². The van der Waals surface area contributed by atoms with Crippen LogP contribution in [0.15, 0.2) is 24.3 Å². The Labute approximate surface area is 162 Å². The maximum atomic E-state index is 12.2. The number of rotatable bonds is 5. The van der Waals surface area contributed by atoms with Crippen molar-refractivity contribution in [1.29, 1.82) is 0 Å². The first-order valence-electron chi connectivity index (χ1n) is 7.92. The van der Waals surface area contributed by atoms with Gasteiger partial charge in [-0.3, -0.25) is 4.79 Å². The number of ether oxygens (including phenoxy) is 1. The summed E-state index contributed by atoms with van der Waals surface area (Å²) < 4.78 is 5.37. The molecule has 136 valence electrons. The lowest BCUT2D eigenvalue weighted by Gasteiger charge is -2.22. The van der Waals surface area contributed by atoms with Crippen molar-refractivity contribution in [2.24, 2.45) is 0 Å². The van der Waals surface area contributed by atoms with Gasteiger partial charge < -0.3 is 15.4 Å². The van der Waals surface area contributed by atoms with Crippen molar-refractivity contribution in [1.82, 2.24) is 10.3 Å². The monoisotopic (exact) mass is 401 g/mol. The van der Waals surface area contributed by atoms with Crippen molar-refractivity contribution in [2.45, 2.75) is 25.8 Å². The van der Waals surface area contributed by atoms with E-state index < -0.39 is 0 Å². The van der Waals surface area contributed by atoms with Crippen LogP contribution in [0.3, 0.4) is 0 Å². The Balaban J connectivity index is 0.00000225. The zero-order valence-corrected chi connectivity index (χ0v) is 16.3. The predicted octanol–water partition coefficient (Wildman–Crippen LogP) is 3.43. The molecular formula is C17H21Cl2N3O2S. The maximum absolute atomic E-state index is 12.2. The van der Waals surface area contributed by atoms with Crippen molar-refractivity contribution in [3.05, 3.63) is 45.4 Å². The smallest absolute Gasteiger partial charge is 0.227 e. The zero-order valence-electron chi connectivity index (χ0n) is 13.9. The van der Waals surface area contributed by atoms with Crippen LogP contribution < -0.4 is 10.6 Å². The summed E-state index contributed by atoms with van der Waals surface area (Å²) in [6.45, 7) is 4.02. The average molecular weight is 402 g/mol. The molecule has 0 bridgehead atoms. The molecule has 5 nitrogen and oxygen atoms in total. The second kappa shape index (κ2) is 9.50.